The Labute approximate surface area is 281 Å². The number of aliphatic hydroxyl groups excluding tert-OH is 1. The molecular formula is C33H49N6O8P. The van der Waals surface area contributed by atoms with Crippen molar-refractivity contribution in [3.63, 3.8) is 0 Å². The van der Waals surface area contributed by atoms with Crippen molar-refractivity contribution < 1.29 is 37.7 Å². The van der Waals surface area contributed by atoms with Gasteiger partial charge in [-0.3, -0.25) is 9.32 Å². The Balaban J connectivity index is 0.00000307. The summed E-state index contributed by atoms with van der Waals surface area (Å²) in [7, 11) is -0.173. The molecule has 264 valence electrons. The van der Waals surface area contributed by atoms with Crippen molar-refractivity contribution in [1.29, 1.82) is 0 Å². The lowest BCUT2D eigenvalue weighted by molar-refractivity contribution is -0.149. The van der Waals surface area contributed by atoms with E-state index in [9.17, 15) is 9.36 Å². The Hall–Kier alpha value is -3.81. The third kappa shape index (κ3) is 10.1. The highest BCUT2D eigenvalue weighted by Gasteiger charge is 2.38. The number of carbonyl (C=O) groups is 1. The van der Waals surface area contributed by atoms with Crippen molar-refractivity contribution in [2.45, 2.75) is 66.2 Å². The largest absolute Gasteiger partial charge is 0.479 e. The first-order valence-corrected chi connectivity index (χ1v) is 17.2. The third-order valence-electron chi connectivity index (χ3n) is 7.28. The molecule has 0 bridgehead atoms. The Morgan fingerprint density at radius 1 is 1.06 bits per heavy atom. The lowest BCUT2D eigenvalue weighted by Crippen LogP contribution is -2.42. The lowest BCUT2D eigenvalue weighted by atomic mass is 9.98. The zero-order chi connectivity index (χ0) is 35.6. The number of hydrogen-bond donors (Lipinski definition) is 3. The van der Waals surface area contributed by atoms with Gasteiger partial charge in [0, 0.05) is 25.6 Å². The molecule has 2 heterocycles. The van der Waals surface area contributed by atoms with Crippen LogP contribution in [0.25, 0.3) is 21.9 Å². The van der Waals surface area contributed by atoms with Crippen molar-refractivity contribution in [3.8, 4) is 11.6 Å². The molecule has 4 aromatic rings. The number of imidazole rings is 1. The van der Waals surface area contributed by atoms with E-state index in [1.807, 2.05) is 76.4 Å². The van der Waals surface area contributed by atoms with Crippen LogP contribution in [0.3, 0.4) is 0 Å². The highest BCUT2D eigenvalue weighted by atomic mass is 31.2. The molecule has 4 atom stereocenters. The van der Waals surface area contributed by atoms with Gasteiger partial charge in [0.25, 0.3) is 0 Å². The number of esters is 1. The molecule has 0 aliphatic carbocycles. The Morgan fingerprint density at radius 3 is 2.40 bits per heavy atom. The second-order valence-electron chi connectivity index (χ2n) is 12.7. The first-order chi connectivity index (χ1) is 22.7. The van der Waals surface area contributed by atoms with Crippen LogP contribution in [0.15, 0.2) is 48.8 Å². The van der Waals surface area contributed by atoms with Gasteiger partial charge in [-0.1, -0.05) is 71.0 Å². The molecule has 15 heteroatoms. The predicted molar refractivity (Wildman–Crippen MR) is 185 cm³/mol. The maximum Gasteiger partial charge on any atom is 0.459 e. The van der Waals surface area contributed by atoms with Gasteiger partial charge in [0.05, 0.1) is 32.8 Å². The molecule has 0 aliphatic heterocycles. The van der Waals surface area contributed by atoms with Gasteiger partial charge in [-0.25, -0.2) is 9.55 Å². The Morgan fingerprint density at radius 2 is 1.75 bits per heavy atom. The van der Waals surface area contributed by atoms with E-state index in [0.717, 1.165) is 17.9 Å². The number of nitrogens with two attached hydrogens (primary N) is 1. The number of nitrogens with zero attached hydrogens (tertiary/aromatic N) is 4. The van der Waals surface area contributed by atoms with Crippen LogP contribution in [0, 0.1) is 11.3 Å². The number of benzene rings is 2. The summed E-state index contributed by atoms with van der Waals surface area (Å²) in [6.07, 6.45) is 1.51. The van der Waals surface area contributed by atoms with Crippen LogP contribution < -0.4 is 20.1 Å². The van der Waals surface area contributed by atoms with E-state index < -0.39 is 25.9 Å². The van der Waals surface area contributed by atoms with E-state index in [0.29, 0.717) is 23.3 Å². The van der Waals surface area contributed by atoms with Gasteiger partial charge >= 0.3 is 13.7 Å². The molecule has 4 N–H and O–H groups in total. The van der Waals surface area contributed by atoms with E-state index in [1.165, 1.54) is 7.11 Å². The molecule has 0 spiro atoms. The fraction of sp³-hybridized carbons (Fsp3) is 0.515. The van der Waals surface area contributed by atoms with Gasteiger partial charge in [0.1, 0.15) is 11.8 Å². The highest BCUT2D eigenvalue weighted by molar-refractivity contribution is 7.52. The molecular weight excluding hydrogens is 639 g/mol. The minimum absolute atomic E-state index is 0.0586. The van der Waals surface area contributed by atoms with Crippen molar-refractivity contribution in [3.05, 3.63) is 48.8 Å². The zero-order valence-corrected chi connectivity index (χ0v) is 30.1. The number of rotatable bonds is 15. The van der Waals surface area contributed by atoms with E-state index in [-0.39, 0.29) is 42.4 Å². The summed E-state index contributed by atoms with van der Waals surface area (Å²) in [6, 6.07) is 11.9. The number of methoxy groups -OCH3 is 2. The summed E-state index contributed by atoms with van der Waals surface area (Å²) < 4.78 is 45.3. The molecule has 2 unspecified atom stereocenters. The molecule has 0 aliphatic rings. The van der Waals surface area contributed by atoms with Gasteiger partial charge in [-0.05, 0) is 36.1 Å². The fourth-order valence-electron chi connectivity index (χ4n) is 4.80. The standard InChI is InChI=1S/C32H45N6O7P.CH4O/c1-20(2)26(30(39)43-18-32(4,5)6)37-46(40,45-25-15-11-13-22-12-9-10-14-24(22)25)44-17-23(41-7)16-21(3)38-19-34-27-28(38)35-31(33)36-29(27)42-8;1-2/h9-15,19-21,23,26H,16-18H2,1-8H3,(H,37,40)(H2,33,35,36);2H,1H3/t21-,23-,26?,46?;/m0./s1. The van der Waals surface area contributed by atoms with Crippen LogP contribution in [0.5, 0.6) is 11.6 Å². The summed E-state index contributed by atoms with van der Waals surface area (Å²) in [5.41, 5.74) is 6.63. The summed E-state index contributed by atoms with van der Waals surface area (Å²) in [5.74, 6) is -0.157. The second kappa shape index (κ2) is 17.0. The summed E-state index contributed by atoms with van der Waals surface area (Å²) in [4.78, 5) is 26.1. The van der Waals surface area contributed by atoms with E-state index in [4.69, 9.17) is 34.1 Å². The van der Waals surface area contributed by atoms with Crippen molar-refractivity contribution >= 4 is 41.6 Å². The van der Waals surface area contributed by atoms with Crippen LogP contribution >= 0.6 is 7.75 Å². The first kappa shape index (κ1) is 38.6. The summed E-state index contributed by atoms with van der Waals surface area (Å²) in [5, 5.41) is 11.5. The second-order valence-corrected chi connectivity index (χ2v) is 14.4. The fourth-order valence-corrected chi connectivity index (χ4v) is 6.50. The van der Waals surface area contributed by atoms with E-state index >= 15 is 0 Å². The predicted octanol–water partition coefficient (Wildman–Crippen LogP) is 5.55. The average molecular weight is 689 g/mol. The molecule has 0 fully saturated rings. The summed E-state index contributed by atoms with van der Waals surface area (Å²) in [6.45, 7) is 11.6. The van der Waals surface area contributed by atoms with Gasteiger partial charge < -0.3 is 34.1 Å². The third-order valence-corrected chi connectivity index (χ3v) is 8.80. The number of ether oxygens (including phenoxy) is 3. The molecule has 0 saturated carbocycles. The molecule has 48 heavy (non-hydrogen) atoms. The minimum atomic E-state index is -4.20. The number of aliphatic hydroxyl groups is 1. The number of fused-ring (bicyclic) bond motifs is 2. The minimum Gasteiger partial charge on any atom is -0.479 e. The van der Waals surface area contributed by atoms with Gasteiger partial charge in [0.2, 0.25) is 11.8 Å². The molecule has 0 saturated heterocycles. The first-order valence-electron chi connectivity index (χ1n) is 15.6. The number of hydrogen-bond acceptors (Lipinski definition) is 12. The van der Waals surface area contributed by atoms with Crippen molar-refractivity contribution in [2.24, 2.45) is 11.3 Å². The molecule has 0 amide bonds. The summed E-state index contributed by atoms with van der Waals surface area (Å²) >= 11 is 0. The molecule has 0 radical (unpaired) electrons. The van der Waals surface area contributed by atoms with Gasteiger partial charge in [-0.2, -0.15) is 15.1 Å². The molecule has 2 aromatic heterocycles. The lowest BCUT2D eigenvalue weighted by Gasteiger charge is -2.29. The van der Waals surface area contributed by atoms with Crippen molar-refractivity contribution in [2.75, 3.05) is 40.3 Å². The molecule has 4 rings (SSSR count). The average Bonchev–Trinajstić information content (AvgIpc) is 3.48. The van der Waals surface area contributed by atoms with Gasteiger partial charge in [0.15, 0.2) is 11.2 Å². The normalized spacial score (nSPS) is 14.9. The van der Waals surface area contributed by atoms with Crippen LogP contribution in [-0.4, -0.2) is 77.3 Å². The van der Waals surface area contributed by atoms with Crippen molar-refractivity contribution in [1.82, 2.24) is 24.6 Å². The van der Waals surface area contributed by atoms with Crippen LogP contribution in [0.1, 0.15) is 54.0 Å². The van der Waals surface area contributed by atoms with E-state index in [2.05, 4.69) is 20.0 Å². The number of carbonyl (C=O) groups excluding carboxylic acids is 1. The van der Waals surface area contributed by atoms with Crippen LogP contribution in [0.4, 0.5) is 5.95 Å². The maximum absolute atomic E-state index is 14.6. The van der Waals surface area contributed by atoms with E-state index in [1.54, 1.807) is 25.6 Å². The number of anilines is 1. The maximum atomic E-state index is 14.6. The molecule has 2 aromatic carbocycles. The quantitative estimate of drug-likeness (QED) is 0.104. The van der Waals surface area contributed by atoms with Crippen LogP contribution in [0.2, 0.25) is 0 Å². The monoisotopic (exact) mass is 688 g/mol. The molecule has 14 nitrogen and oxygen atoms in total. The zero-order valence-electron chi connectivity index (χ0n) is 29.2. The van der Waals surface area contributed by atoms with Gasteiger partial charge in [-0.15, -0.1) is 0 Å². The smallest absolute Gasteiger partial charge is 0.459 e. The number of nitrogen functional groups attached to an aromatic ring is 1. The SMILES string of the molecule is CO.COc1nc(N)nc2c1ncn2[C@@H](C)C[C@@H](COP(=O)(NC(C(=O)OCC(C)(C)C)C(C)C)Oc1cccc2ccccc12)OC. The Kier molecular flexibility index (Phi) is 13.7. The number of nitrogens with one attached hydrogen (secondary N) is 1. The van der Waals surface area contributed by atoms with Crippen LogP contribution in [-0.2, 0) is 23.4 Å². The topological polar surface area (TPSA) is 182 Å². The highest BCUT2D eigenvalue weighted by Crippen LogP contribution is 2.47. The number of aromatic nitrogens is 4. The Bertz CT molecular complexity index is 1690.